The van der Waals surface area contributed by atoms with Crippen molar-refractivity contribution in [3.63, 3.8) is 0 Å². The molecule has 0 unspecified atom stereocenters. The van der Waals surface area contributed by atoms with Crippen LogP contribution < -0.4 is 0 Å². The summed E-state index contributed by atoms with van der Waals surface area (Å²) in [7, 11) is 3.18. The van der Waals surface area contributed by atoms with E-state index in [2.05, 4.69) is 6.58 Å². The van der Waals surface area contributed by atoms with E-state index < -0.39 is 11.9 Å². The zero-order chi connectivity index (χ0) is 12.7. The molecular formula is C11H17NO4. The average molecular weight is 227 g/mol. The number of nitrogens with zero attached hydrogens (tertiary/aromatic N) is 1. The number of hydrogen-bond donors (Lipinski definition) is 0. The van der Waals surface area contributed by atoms with Gasteiger partial charge >= 0.3 is 11.9 Å². The topological polar surface area (TPSA) is 55.8 Å². The Kier molecular flexibility index (Phi) is 6.10. The Hall–Kier alpha value is -1.62. The molecule has 0 rings (SSSR count). The van der Waals surface area contributed by atoms with Crippen molar-refractivity contribution >= 4 is 11.9 Å². The first kappa shape index (κ1) is 14.4. The highest BCUT2D eigenvalue weighted by Crippen LogP contribution is 2.12. The summed E-state index contributed by atoms with van der Waals surface area (Å²) >= 11 is 0. The van der Waals surface area contributed by atoms with Crippen LogP contribution in [0.5, 0.6) is 0 Å². The number of hydroxylamine groups is 2. The van der Waals surface area contributed by atoms with Crippen molar-refractivity contribution in [2.24, 2.45) is 0 Å². The number of carbonyl (C=O) groups excluding carboxylic acids is 2. The first-order valence-corrected chi connectivity index (χ1v) is 4.86. The Balaban J connectivity index is 4.78. The molecule has 0 fully saturated rings. The Morgan fingerprint density at radius 1 is 1.38 bits per heavy atom. The second-order valence-corrected chi connectivity index (χ2v) is 3.22. The number of ether oxygens (including phenoxy) is 1. The second-order valence-electron chi connectivity index (χ2n) is 3.22. The predicted molar refractivity (Wildman–Crippen MR) is 59.1 cm³/mol. The zero-order valence-electron chi connectivity index (χ0n) is 10.1. The number of esters is 1. The Labute approximate surface area is 95.3 Å². The summed E-state index contributed by atoms with van der Waals surface area (Å²) in [6.07, 6.45) is 1.47. The largest absolute Gasteiger partial charge is 0.427 e. The van der Waals surface area contributed by atoms with Gasteiger partial charge in [-0.25, -0.2) is 9.59 Å². The zero-order valence-corrected chi connectivity index (χ0v) is 10.1. The molecule has 90 valence electrons. The van der Waals surface area contributed by atoms with Crippen LogP contribution in [0.3, 0.4) is 0 Å². The van der Waals surface area contributed by atoms with Crippen molar-refractivity contribution in [2.45, 2.75) is 20.3 Å². The molecule has 5 heteroatoms. The first-order valence-electron chi connectivity index (χ1n) is 4.86. The molecule has 0 N–H and O–H groups in total. The third-order valence-corrected chi connectivity index (χ3v) is 1.70. The summed E-state index contributed by atoms with van der Waals surface area (Å²) in [5, 5.41) is 1.27. The average Bonchev–Trinajstić information content (AvgIpc) is 2.23. The summed E-state index contributed by atoms with van der Waals surface area (Å²) in [5.41, 5.74) is 0.270. The SMILES string of the molecule is C=CC(=O)OC(CC)=C(C)C(=O)ON(C)C. The molecule has 0 aromatic heterocycles. The molecule has 0 spiro atoms. The minimum Gasteiger partial charge on any atom is -0.427 e. The van der Waals surface area contributed by atoms with E-state index in [-0.39, 0.29) is 11.3 Å². The van der Waals surface area contributed by atoms with Crippen molar-refractivity contribution in [3.05, 3.63) is 24.0 Å². The summed E-state index contributed by atoms with van der Waals surface area (Å²) in [6.45, 7) is 6.60. The second kappa shape index (κ2) is 6.79. The Morgan fingerprint density at radius 2 is 1.94 bits per heavy atom. The van der Waals surface area contributed by atoms with Gasteiger partial charge in [-0.3, -0.25) is 0 Å². The van der Waals surface area contributed by atoms with Gasteiger partial charge < -0.3 is 9.57 Å². The molecule has 0 heterocycles. The number of rotatable bonds is 5. The van der Waals surface area contributed by atoms with Gasteiger partial charge in [0, 0.05) is 26.6 Å². The van der Waals surface area contributed by atoms with Gasteiger partial charge in [-0.05, 0) is 6.92 Å². The van der Waals surface area contributed by atoms with E-state index in [1.807, 2.05) is 0 Å². The number of allylic oxidation sites excluding steroid dienone is 1. The normalized spacial score (nSPS) is 11.8. The van der Waals surface area contributed by atoms with Gasteiger partial charge in [-0.2, -0.15) is 0 Å². The number of hydrogen-bond acceptors (Lipinski definition) is 5. The molecule has 0 aromatic rings. The maximum absolute atomic E-state index is 11.5. The lowest BCUT2D eigenvalue weighted by Crippen LogP contribution is -2.20. The lowest BCUT2D eigenvalue weighted by atomic mass is 10.2. The van der Waals surface area contributed by atoms with Crippen LogP contribution in [0.2, 0.25) is 0 Å². The van der Waals surface area contributed by atoms with E-state index in [1.54, 1.807) is 27.9 Å². The van der Waals surface area contributed by atoms with E-state index in [1.165, 1.54) is 5.06 Å². The van der Waals surface area contributed by atoms with E-state index >= 15 is 0 Å². The minimum atomic E-state index is -0.589. The number of carbonyl (C=O) groups is 2. The van der Waals surface area contributed by atoms with Crippen molar-refractivity contribution in [1.29, 1.82) is 0 Å². The molecule has 0 saturated heterocycles. The highest BCUT2D eigenvalue weighted by molar-refractivity contribution is 5.89. The van der Waals surface area contributed by atoms with Crippen molar-refractivity contribution in [2.75, 3.05) is 14.1 Å². The molecule has 0 amide bonds. The van der Waals surface area contributed by atoms with E-state index in [9.17, 15) is 9.59 Å². The van der Waals surface area contributed by atoms with Crippen molar-refractivity contribution < 1.29 is 19.2 Å². The Morgan fingerprint density at radius 3 is 2.31 bits per heavy atom. The van der Waals surface area contributed by atoms with Gasteiger partial charge in [-0.1, -0.05) is 13.5 Å². The van der Waals surface area contributed by atoms with E-state index in [0.717, 1.165) is 6.08 Å². The van der Waals surface area contributed by atoms with E-state index in [4.69, 9.17) is 9.57 Å². The van der Waals surface area contributed by atoms with Gasteiger partial charge in [0.2, 0.25) is 0 Å². The molecule has 5 nitrogen and oxygen atoms in total. The molecular weight excluding hydrogens is 210 g/mol. The maximum atomic E-state index is 11.5. The highest BCUT2D eigenvalue weighted by atomic mass is 16.7. The van der Waals surface area contributed by atoms with Crippen molar-refractivity contribution in [1.82, 2.24) is 5.06 Å². The standard InChI is InChI=1S/C11H17NO4/c1-6-9(15-10(13)7-2)8(3)11(14)16-12(4)5/h7H,2,6H2,1,3-5H3. The van der Waals surface area contributed by atoms with Crippen LogP contribution in [-0.2, 0) is 19.2 Å². The molecule has 0 aliphatic carbocycles. The first-order chi connectivity index (χ1) is 7.42. The van der Waals surface area contributed by atoms with Crippen LogP contribution >= 0.6 is 0 Å². The lowest BCUT2D eigenvalue weighted by Gasteiger charge is -2.12. The van der Waals surface area contributed by atoms with Crippen LogP contribution in [0.1, 0.15) is 20.3 Å². The van der Waals surface area contributed by atoms with Gasteiger partial charge in [0.1, 0.15) is 5.76 Å². The fraction of sp³-hybridized carbons (Fsp3) is 0.455. The van der Waals surface area contributed by atoms with Crippen LogP contribution in [0.25, 0.3) is 0 Å². The summed E-state index contributed by atoms with van der Waals surface area (Å²) in [4.78, 5) is 27.3. The minimum absolute atomic E-state index is 0.270. The monoisotopic (exact) mass is 227 g/mol. The van der Waals surface area contributed by atoms with Gasteiger partial charge in [0.25, 0.3) is 0 Å². The molecule has 0 aliphatic heterocycles. The van der Waals surface area contributed by atoms with Gasteiger partial charge in [0.05, 0.1) is 5.57 Å². The molecule has 0 aromatic carbocycles. The van der Waals surface area contributed by atoms with Crippen LogP contribution in [0.4, 0.5) is 0 Å². The van der Waals surface area contributed by atoms with Crippen molar-refractivity contribution in [3.8, 4) is 0 Å². The molecule has 0 atom stereocenters. The predicted octanol–water partition coefficient (Wildman–Crippen LogP) is 1.42. The third-order valence-electron chi connectivity index (χ3n) is 1.70. The summed E-state index contributed by atoms with van der Waals surface area (Å²) in [6, 6.07) is 0. The van der Waals surface area contributed by atoms with Crippen LogP contribution in [-0.4, -0.2) is 31.1 Å². The van der Waals surface area contributed by atoms with Crippen LogP contribution in [0.15, 0.2) is 24.0 Å². The summed E-state index contributed by atoms with van der Waals surface area (Å²) < 4.78 is 4.92. The molecule has 16 heavy (non-hydrogen) atoms. The quantitative estimate of drug-likeness (QED) is 0.308. The molecule has 0 bridgehead atoms. The molecule has 0 aliphatic rings. The maximum Gasteiger partial charge on any atom is 0.356 e. The lowest BCUT2D eigenvalue weighted by molar-refractivity contribution is -0.173. The molecule has 0 radical (unpaired) electrons. The Bertz CT molecular complexity index is 318. The third kappa shape index (κ3) is 4.75. The highest BCUT2D eigenvalue weighted by Gasteiger charge is 2.15. The van der Waals surface area contributed by atoms with Gasteiger partial charge in [-0.15, -0.1) is 5.06 Å². The van der Waals surface area contributed by atoms with Gasteiger partial charge in [0.15, 0.2) is 0 Å². The van der Waals surface area contributed by atoms with Crippen LogP contribution in [0, 0.1) is 0 Å². The molecule has 0 saturated carbocycles. The van der Waals surface area contributed by atoms with E-state index in [0.29, 0.717) is 6.42 Å². The smallest absolute Gasteiger partial charge is 0.356 e. The fourth-order valence-corrected chi connectivity index (χ4v) is 0.925. The summed E-state index contributed by atoms with van der Waals surface area (Å²) in [5.74, 6) is -0.843. The fourth-order valence-electron chi connectivity index (χ4n) is 0.925.